The Hall–Kier alpha value is -3.73. The average molecular weight is 565 g/mol. The van der Waals surface area contributed by atoms with Gasteiger partial charge in [-0.3, -0.25) is 14.6 Å². The molecule has 0 saturated carbocycles. The topological polar surface area (TPSA) is 59.1 Å². The highest BCUT2D eigenvalue weighted by Gasteiger charge is 2.37. The lowest BCUT2D eigenvalue weighted by atomic mass is 9.95. The van der Waals surface area contributed by atoms with Crippen LogP contribution in [-0.2, 0) is 41.2 Å². The van der Waals surface area contributed by atoms with Crippen molar-refractivity contribution in [2.45, 2.75) is 44.1 Å². The van der Waals surface area contributed by atoms with Crippen molar-refractivity contribution < 1.29 is 35.9 Å². The summed E-state index contributed by atoms with van der Waals surface area (Å²) in [5, 5.41) is 5.47. The Morgan fingerprint density at radius 1 is 0.872 bits per heavy atom. The Bertz CT molecular complexity index is 1430. The van der Waals surface area contributed by atoms with Gasteiger partial charge in [-0.1, -0.05) is 18.2 Å². The molecule has 0 aliphatic heterocycles. The van der Waals surface area contributed by atoms with Crippen LogP contribution in [0.4, 0.5) is 26.3 Å². The second-order valence-corrected chi connectivity index (χ2v) is 9.91. The van der Waals surface area contributed by atoms with E-state index in [9.17, 15) is 35.9 Å². The molecule has 1 atom stereocenters. The van der Waals surface area contributed by atoms with Crippen molar-refractivity contribution >= 4 is 33.1 Å². The maximum Gasteiger partial charge on any atom is 0.416 e. The minimum Gasteiger partial charge on any atom is -0.346 e. The smallest absolute Gasteiger partial charge is 0.346 e. The van der Waals surface area contributed by atoms with Gasteiger partial charge in [-0.15, -0.1) is 11.3 Å². The molecule has 204 valence electrons. The fourth-order valence-corrected chi connectivity index (χ4v) is 5.17. The number of aryl methyl sites for hydroxylation is 1. The van der Waals surface area contributed by atoms with Gasteiger partial charge in [-0.05, 0) is 70.3 Å². The molecule has 4 nitrogen and oxygen atoms in total. The van der Waals surface area contributed by atoms with Crippen LogP contribution in [0.3, 0.4) is 0 Å². The van der Waals surface area contributed by atoms with E-state index < -0.39 is 41.2 Å². The number of rotatable bonds is 9. The van der Waals surface area contributed by atoms with Crippen molar-refractivity contribution in [1.29, 1.82) is 0 Å². The Labute approximate surface area is 223 Å². The normalized spacial score (nSPS) is 12.9. The number of alkyl halides is 6. The summed E-state index contributed by atoms with van der Waals surface area (Å²) >= 11 is 1.46. The van der Waals surface area contributed by atoms with E-state index in [1.54, 1.807) is 12.1 Å². The van der Waals surface area contributed by atoms with Crippen molar-refractivity contribution in [3.63, 3.8) is 0 Å². The molecule has 4 rings (SSSR count). The lowest BCUT2D eigenvalue weighted by Gasteiger charge is -2.19. The molecule has 0 fully saturated rings. The van der Waals surface area contributed by atoms with Crippen LogP contribution in [0.25, 0.3) is 10.1 Å². The molecular formula is C28H22F6N2O2S. The second-order valence-electron chi connectivity index (χ2n) is 8.99. The minimum absolute atomic E-state index is 0.0285. The van der Waals surface area contributed by atoms with Crippen molar-refractivity contribution in [3.05, 3.63) is 100 Å². The van der Waals surface area contributed by atoms with Crippen LogP contribution >= 0.6 is 11.3 Å². The molecule has 1 N–H and O–H groups in total. The molecule has 4 aromatic rings. The number of halogens is 6. The van der Waals surface area contributed by atoms with E-state index >= 15 is 0 Å². The monoisotopic (exact) mass is 564 g/mol. The first-order valence-electron chi connectivity index (χ1n) is 11.8. The van der Waals surface area contributed by atoms with E-state index in [4.69, 9.17) is 0 Å². The SMILES string of the molecule is O=C(Cc1ccncc1)NC(Cc1csc2ccccc12)C(=O)CCc1cc(C(F)(F)F)cc(C(F)(F)F)c1. The molecule has 0 aliphatic rings. The van der Waals surface area contributed by atoms with Crippen LogP contribution in [0.5, 0.6) is 0 Å². The number of nitrogens with zero attached hydrogens (tertiary/aromatic N) is 1. The zero-order valence-corrected chi connectivity index (χ0v) is 21.1. The number of hydrogen-bond acceptors (Lipinski definition) is 4. The number of carbonyl (C=O) groups is 2. The average Bonchev–Trinajstić information content (AvgIpc) is 3.29. The maximum atomic E-state index is 13.3. The summed E-state index contributed by atoms with van der Waals surface area (Å²) in [6.45, 7) is 0. The number of pyridine rings is 1. The first-order chi connectivity index (χ1) is 18.4. The van der Waals surface area contributed by atoms with Gasteiger partial charge in [0.15, 0.2) is 5.78 Å². The third-order valence-corrected chi connectivity index (χ3v) is 7.14. The first-order valence-corrected chi connectivity index (χ1v) is 12.7. The quantitative estimate of drug-likeness (QED) is 0.228. The Balaban J connectivity index is 1.55. The highest BCUT2D eigenvalue weighted by atomic mass is 32.1. The van der Waals surface area contributed by atoms with Crippen LogP contribution in [0.1, 0.15) is 34.2 Å². The van der Waals surface area contributed by atoms with Crippen LogP contribution in [0.15, 0.2) is 72.4 Å². The zero-order valence-electron chi connectivity index (χ0n) is 20.3. The molecule has 1 unspecified atom stereocenters. The first kappa shape index (κ1) is 28.3. The molecule has 0 bridgehead atoms. The molecule has 0 radical (unpaired) electrons. The maximum absolute atomic E-state index is 13.3. The molecule has 2 heterocycles. The molecule has 1 amide bonds. The molecule has 11 heteroatoms. The van der Waals surface area contributed by atoms with Crippen LogP contribution in [-0.4, -0.2) is 22.7 Å². The third-order valence-electron chi connectivity index (χ3n) is 6.13. The highest BCUT2D eigenvalue weighted by molar-refractivity contribution is 7.17. The highest BCUT2D eigenvalue weighted by Crippen LogP contribution is 2.36. The van der Waals surface area contributed by atoms with Gasteiger partial charge in [0, 0.05) is 29.9 Å². The van der Waals surface area contributed by atoms with Gasteiger partial charge in [0.25, 0.3) is 0 Å². The Morgan fingerprint density at radius 2 is 1.51 bits per heavy atom. The Morgan fingerprint density at radius 3 is 2.15 bits per heavy atom. The molecule has 0 aliphatic carbocycles. The number of Topliss-reactive ketones (excluding diaryl/α,β-unsaturated/α-hetero) is 1. The van der Waals surface area contributed by atoms with Gasteiger partial charge in [-0.25, -0.2) is 0 Å². The number of amides is 1. The van der Waals surface area contributed by atoms with Gasteiger partial charge in [-0.2, -0.15) is 26.3 Å². The number of fused-ring (bicyclic) bond motifs is 1. The Kier molecular flexibility index (Phi) is 8.39. The third kappa shape index (κ3) is 7.44. The van der Waals surface area contributed by atoms with Crippen molar-refractivity contribution in [1.82, 2.24) is 10.3 Å². The number of thiophene rings is 1. The van der Waals surface area contributed by atoms with Crippen molar-refractivity contribution in [2.75, 3.05) is 0 Å². The molecule has 0 spiro atoms. The van der Waals surface area contributed by atoms with Crippen molar-refractivity contribution in [2.24, 2.45) is 0 Å². The molecule has 2 aromatic heterocycles. The van der Waals surface area contributed by atoms with Crippen LogP contribution < -0.4 is 5.32 Å². The van der Waals surface area contributed by atoms with Crippen LogP contribution in [0.2, 0.25) is 0 Å². The summed E-state index contributed by atoms with van der Waals surface area (Å²) in [6.07, 6.45) is -7.54. The van der Waals surface area contributed by atoms with Crippen molar-refractivity contribution in [3.8, 4) is 0 Å². The summed E-state index contributed by atoms with van der Waals surface area (Å²) in [5.74, 6) is -0.947. The van der Waals surface area contributed by atoms with Gasteiger partial charge < -0.3 is 5.32 Å². The van der Waals surface area contributed by atoms with Crippen LogP contribution in [0, 0.1) is 0 Å². The summed E-state index contributed by atoms with van der Waals surface area (Å²) in [6, 6.07) is 11.0. The second kappa shape index (κ2) is 11.6. The number of hydrogen-bond donors (Lipinski definition) is 1. The fourth-order valence-electron chi connectivity index (χ4n) is 4.19. The molecule has 39 heavy (non-hydrogen) atoms. The largest absolute Gasteiger partial charge is 0.416 e. The standard InChI is InChI=1S/C28H22F6N2O2S/c29-27(30,31)20-11-18(12-21(15-20)28(32,33)34)5-6-24(37)23(36-26(38)13-17-7-9-35-10-8-17)14-19-16-39-25-4-2-1-3-22(19)25/h1-4,7-12,15-16,23H,5-6,13-14H2,(H,36,38). The van der Waals surface area contributed by atoms with Gasteiger partial charge in [0.05, 0.1) is 23.6 Å². The fraction of sp³-hybridized carbons (Fsp3) is 0.250. The lowest BCUT2D eigenvalue weighted by Crippen LogP contribution is -2.43. The van der Waals surface area contributed by atoms with E-state index in [0.717, 1.165) is 15.6 Å². The number of nitrogens with one attached hydrogen (secondary N) is 1. The summed E-state index contributed by atoms with van der Waals surface area (Å²) in [4.78, 5) is 29.9. The number of ketones is 1. The molecule has 2 aromatic carbocycles. The van der Waals surface area contributed by atoms with Gasteiger partial charge >= 0.3 is 12.4 Å². The summed E-state index contributed by atoms with van der Waals surface area (Å²) in [5.41, 5.74) is -1.68. The lowest BCUT2D eigenvalue weighted by molar-refractivity contribution is -0.143. The minimum atomic E-state index is -4.98. The predicted octanol–water partition coefficient (Wildman–Crippen LogP) is 6.81. The van der Waals surface area contributed by atoms with E-state index in [0.29, 0.717) is 17.7 Å². The van der Waals surface area contributed by atoms with E-state index in [1.807, 2.05) is 29.6 Å². The predicted molar refractivity (Wildman–Crippen MR) is 135 cm³/mol. The number of aromatic nitrogens is 1. The van der Waals surface area contributed by atoms with E-state index in [2.05, 4.69) is 10.3 Å². The molecule has 0 saturated heterocycles. The summed E-state index contributed by atoms with van der Waals surface area (Å²) in [7, 11) is 0. The molecular weight excluding hydrogens is 542 g/mol. The van der Waals surface area contributed by atoms with E-state index in [1.165, 1.54) is 23.7 Å². The van der Waals surface area contributed by atoms with Gasteiger partial charge in [0.1, 0.15) is 0 Å². The number of carbonyl (C=O) groups excluding carboxylic acids is 2. The zero-order chi connectivity index (χ0) is 28.2. The summed E-state index contributed by atoms with van der Waals surface area (Å²) < 4.78 is 80.4. The van der Waals surface area contributed by atoms with Gasteiger partial charge in [0.2, 0.25) is 5.91 Å². The number of benzene rings is 2. The van der Waals surface area contributed by atoms with E-state index in [-0.39, 0.29) is 37.3 Å².